The third kappa shape index (κ3) is 7.27. The van der Waals surface area contributed by atoms with Crippen LogP contribution in [0.4, 0.5) is 24.5 Å². The zero-order chi connectivity index (χ0) is 24.7. The number of amides is 2. The Labute approximate surface area is 204 Å². The second kappa shape index (κ2) is 11.4. The molecular formula is C25H22ClF3N2O2S. The van der Waals surface area contributed by atoms with Gasteiger partial charge in [-0.25, -0.2) is 0 Å². The lowest BCUT2D eigenvalue weighted by molar-refractivity contribution is -0.137. The van der Waals surface area contributed by atoms with Crippen molar-refractivity contribution in [3.8, 4) is 0 Å². The lowest BCUT2D eigenvalue weighted by atomic mass is 10.1. The highest BCUT2D eigenvalue weighted by atomic mass is 35.5. The van der Waals surface area contributed by atoms with Gasteiger partial charge >= 0.3 is 6.18 Å². The molecular weight excluding hydrogens is 485 g/mol. The molecule has 9 heteroatoms. The van der Waals surface area contributed by atoms with Crippen LogP contribution in [0.3, 0.4) is 0 Å². The summed E-state index contributed by atoms with van der Waals surface area (Å²) in [5, 5.41) is 4.78. The van der Waals surface area contributed by atoms with Gasteiger partial charge in [0.05, 0.1) is 27.9 Å². The van der Waals surface area contributed by atoms with Crippen molar-refractivity contribution in [2.45, 2.75) is 36.1 Å². The van der Waals surface area contributed by atoms with Crippen LogP contribution in [0.15, 0.2) is 77.7 Å². The number of halogens is 4. The molecule has 0 aliphatic rings. The van der Waals surface area contributed by atoms with Crippen molar-refractivity contribution in [2.24, 2.45) is 0 Å². The topological polar surface area (TPSA) is 58.2 Å². The number of carbonyl (C=O) groups is 2. The van der Waals surface area contributed by atoms with E-state index in [2.05, 4.69) is 10.6 Å². The maximum Gasteiger partial charge on any atom is 0.416 e. The molecule has 0 radical (unpaired) electrons. The second-order valence-corrected chi connectivity index (χ2v) is 9.12. The van der Waals surface area contributed by atoms with Crippen LogP contribution < -0.4 is 10.6 Å². The Balaban J connectivity index is 1.66. The SMILES string of the molecule is CCC(Sc1cccc(NC(=O)Cc2ccccc2)c1)C(=O)Nc1cc(C(F)(F)F)ccc1Cl. The largest absolute Gasteiger partial charge is 0.416 e. The van der Waals surface area contributed by atoms with Crippen LogP contribution in [0.1, 0.15) is 24.5 Å². The van der Waals surface area contributed by atoms with Crippen LogP contribution >= 0.6 is 23.4 Å². The predicted molar refractivity (Wildman–Crippen MR) is 130 cm³/mol. The van der Waals surface area contributed by atoms with Crippen LogP contribution in [0, 0.1) is 0 Å². The molecule has 0 aromatic heterocycles. The van der Waals surface area contributed by atoms with Gasteiger partial charge in [0.15, 0.2) is 0 Å². The van der Waals surface area contributed by atoms with Gasteiger partial charge in [-0.1, -0.05) is 54.9 Å². The van der Waals surface area contributed by atoms with E-state index >= 15 is 0 Å². The van der Waals surface area contributed by atoms with Gasteiger partial charge in [0.25, 0.3) is 0 Å². The number of benzene rings is 3. The third-order valence-electron chi connectivity index (χ3n) is 4.82. The van der Waals surface area contributed by atoms with Gasteiger partial charge in [0.2, 0.25) is 11.8 Å². The van der Waals surface area contributed by atoms with E-state index in [0.717, 1.165) is 28.7 Å². The Kier molecular flexibility index (Phi) is 8.63. The minimum Gasteiger partial charge on any atom is -0.326 e. The molecule has 0 spiro atoms. The molecule has 0 bridgehead atoms. The summed E-state index contributed by atoms with van der Waals surface area (Å²) in [5.74, 6) is -0.635. The summed E-state index contributed by atoms with van der Waals surface area (Å²) in [4.78, 5) is 25.9. The number of anilines is 2. The average molecular weight is 507 g/mol. The van der Waals surface area contributed by atoms with Gasteiger partial charge in [-0.05, 0) is 48.4 Å². The van der Waals surface area contributed by atoms with Crippen molar-refractivity contribution in [3.63, 3.8) is 0 Å². The Bertz CT molecular complexity index is 1160. The van der Waals surface area contributed by atoms with E-state index in [0.29, 0.717) is 12.1 Å². The number of hydrogen-bond acceptors (Lipinski definition) is 3. The predicted octanol–water partition coefficient (Wildman–Crippen LogP) is 7.05. The summed E-state index contributed by atoms with van der Waals surface area (Å²) >= 11 is 7.24. The monoisotopic (exact) mass is 506 g/mol. The Hall–Kier alpha value is -2.97. The minimum atomic E-state index is -4.55. The van der Waals surface area contributed by atoms with E-state index < -0.39 is 22.9 Å². The first-order chi connectivity index (χ1) is 16.2. The molecule has 178 valence electrons. The smallest absolute Gasteiger partial charge is 0.326 e. The van der Waals surface area contributed by atoms with Gasteiger partial charge in [-0.3, -0.25) is 9.59 Å². The number of carbonyl (C=O) groups excluding carboxylic acids is 2. The summed E-state index contributed by atoms with van der Waals surface area (Å²) in [5.41, 5.74) is 0.484. The Morgan fingerprint density at radius 3 is 2.38 bits per heavy atom. The van der Waals surface area contributed by atoms with Crippen molar-refractivity contribution in [1.82, 2.24) is 0 Å². The summed E-state index contributed by atoms with van der Waals surface area (Å²) in [6.45, 7) is 1.80. The highest BCUT2D eigenvalue weighted by Gasteiger charge is 2.31. The second-order valence-electron chi connectivity index (χ2n) is 7.43. The third-order valence-corrected chi connectivity index (χ3v) is 6.51. The van der Waals surface area contributed by atoms with Crippen LogP contribution in [-0.2, 0) is 22.2 Å². The van der Waals surface area contributed by atoms with E-state index in [-0.39, 0.29) is 23.0 Å². The van der Waals surface area contributed by atoms with Crippen LogP contribution in [0.2, 0.25) is 5.02 Å². The standard InChI is InChI=1S/C25H22ClF3N2O2S/c1-2-22(24(33)31-21-14-17(25(27,28)29)11-12-20(21)26)34-19-10-6-9-18(15-19)30-23(32)13-16-7-4-3-5-8-16/h3-12,14-15,22H,2,13H2,1H3,(H,30,32)(H,31,33). The van der Waals surface area contributed by atoms with Crippen molar-refractivity contribution in [1.29, 1.82) is 0 Å². The maximum atomic E-state index is 13.0. The van der Waals surface area contributed by atoms with Crippen LogP contribution in [-0.4, -0.2) is 17.1 Å². The zero-order valence-electron chi connectivity index (χ0n) is 18.2. The fourth-order valence-corrected chi connectivity index (χ4v) is 4.31. The van der Waals surface area contributed by atoms with Gasteiger partial charge in [0.1, 0.15) is 0 Å². The lowest BCUT2D eigenvalue weighted by Gasteiger charge is -2.17. The summed E-state index contributed by atoms with van der Waals surface area (Å²) in [6, 6.07) is 19.2. The van der Waals surface area contributed by atoms with E-state index in [1.165, 1.54) is 11.8 Å². The number of hydrogen-bond donors (Lipinski definition) is 2. The lowest BCUT2D eigenvalue weighted by Crippen LogP contribution is -2.25. The van der Waals surface area contributed by atoms with E-state index in [9.17, 15) is 22.8 Å². The number of nitrogens with one attached hydrogen (secondary N) is 2. The number of thioether (sulfide) groups is 1. The van der Waals surface area contributed by atoms with E-state index in [4.69, 9.17) is 11.6 Å². The Morgan fingerprint density at radius 2 is 1.71 bits per heavy atom. The van der Waals surface area contributed by atoms with Gasteiger partial charge in [-0.15, -0.1) is 11.8 Å². The normalized spacial score (nSPS) is 12.1. The van der Waals surface area contributed by atoms with Crippen molar-refractivity contribution in [2.75, 3.05) is 10.6 Å². The minimum absolute atomic E-state index is 0.0179. The van der Waals surface area contributed by atoms with E-state index in [1.54, 1.807) is 31.2 Å². The van der Waals surface area contributed by atoms with Crippen molar-refractivity contribution >= 4 is 46.6 Å². The molecule has 0 saturated heterocycles. The van der Waals surface area contributed by atoms with Gasteiger partial charge < -0.3 is 10.6 Å². The summed E-state index contributed by atoms with van der Waals surface area (Å²) < 4.78 is 39.0. The average Bonchev–Trinajstić information content (AvgIpc) is 2.79. The number of rotatable bonds is 8. The molecule has 0 aliphatic heterocycles. The molecule has 0 saturated carbocycles. The molecule has 0 heterocycles. The zero-order valence-corrected chi connectivity index (χ0v) is 19.7. The fourth-order valence-electron chi connectivity index (χ4n) is 3.13. The number of alkyl halides is 3. The fraction of sp³-hybridized carbons (Fsp3) is 0.200. The molecule has 3 rings (SSSR count). The first-order valence-corrected chi connectivity index (χ1v) is 11.7. The first kappa shape index (κ1) is 25.6. The molecule has 3 aromatic carbocycles. The molecule has 0 aliphatic carbocycles. The highest BCUT2D eigenvalue weighted by Crippen LogP contribution is 2.35. The molecule has 4 nitrogen and oxygen atoms in total. The van der Waals surface area contributed by atoms with Crippen molar-refractivity contribution in [3.05, 3.63) is 88.9 Å². The first-order valence-electron chi connectivity index (χ1n) is 10.4. The van der Waals surface area contributed by atoms with Crippen molar-refractivity contribution < 1.29 is 22.8 Å². The molecule has 3 aromatic rings. The Morgan fingerprint density at radius 1 is 0.971 bits per heavy atom. The summed E-state index contributed by atoms with van der Waals surface area (Å²) in [7, 11) is 0. The van der Waals surface area contributed by atoms with Gasteiger partial charge in [-0.2, -0.15) is 13.2 Å². The van der Waals surface area contributed by atoms with Gasteiger partial charge in [0, 0.05) is 10.6 Å². The molecule has 0 fully saturated rings. The molecule has 34 heavy (non-hydrogen) atoms. The maximum absolute atomic E-state index is 13.0. The van der Waals surface area contributed by atoms with Crippen LogP contribution in [0.25, 0.3) is 0 Å². The quantitative estimate of drug-likeness (QED) is 0.322. The van der Waals surface area contributed by atoms with Crippen LogP contribution in [0.5, 0.6) is 0 Å². The summed E-state index contributed by atoms with van der Waals surface area (Å²) in [6.07, 6.45) is -3.89. The molecule has 2 N–H and O–H groups in total. The molecule has 1 atom stereocenters. The molecule has 2 amide bonds. The molecule has 1 unspecified atom stereocenters. The highest BCUT2D eigenvalue weighted by molar-refractivity contribution is 8.00. The van der Waals surface area contributed by atoms with E-state index in [1.807, 2.05) is 30.3 Å².